The molecule has 3 heterocycles. The van der Waals surface area contributed by atoms with Crippen LogP contribution in [0.3, 0.4) is 0 Å². The van der Waals surface area contributed by atoms with Gasteiger partial charge in [-0.3, -0.25) is 4.79 Å². The van der Waals surface area contributed by atoms with Gasteiger partial charge in [-0.25, -0.2) is 14.2 Å². The third kappa shape index (κ3) is 4.88. The molecule has 7 nitrogen and oxygen atoms in total. The van der Waals surface area contributed by atoms with E-state index >= 15 is 0 Å². The van der Waals surface area contributed by atoms with Crippen molar-refractivity contribution in [2.24, 2.45) is 4.99 Å². The number of aliphatic imine (C=N–C) groups is 1. The topological polar surface area (TPSA) is 90.6 Å². The molecule has 0 bridgehead atoms. The molecule has 0 aliphatic carbocycles. The van der Waals surface area contributed by atoms with Crippen LogP contribution in [0.2, 0.25) is 5.15 Å². The molecule has 0 atom stereocenters. The first-order valence-electron chi connectivity index (χ1n) is 9.04. The summed E-state index contributed by atoms with van der Waals surface area (Å²) in [7, 11) is 0. The minimum atomic E-state index is -4.46. The highest BCUT2D eigenvalue weighted by molar-refractivity contribution is 6.29. The van der Waals surface area contributed by atoms with Crippen LogP contribution in [0.1, 0.15) is 42.4 Å². The van der Waals surface area contributed by atoms with Crippen LogP contribution in [-0.2, 0) is 12.0 Å². The molecular formula is C20H18ClF3N6O. The Morgan fingerprint density at radius 3 is 2.65 bits per heavy atom. The molecule has 3 aromatic heterocycles. The van der Waals surface area contributed by atoms with E-state index in [1.54, 1.807) is 0 Å². The molecular weight excluding hydrogens is 433 g/mol. The van der Waals surface area contributed by atoms with Crippen molar-refractivity contribution in [3.8, 4) is 11.8 Å². The highest BCUT2D eigenvalue weighted by Gasteiger charge is 2.31. The van der Waals surface area contributed by atoms with E-state index < -0.39 is 24.0 Å². The van der Waals surface area contributed by atoms with Crippen LogP contribution in [-0.4, -0.2) is 37.7 Å². The molecule has 0 fully saturated rings. The zero-order chi connectivity index (χ0) is 23.0. The van der Waals surface area contributed by atoms with Crippen molar-refractivity contribution in [1.82, 2.24) is 19.4 Å². The van der Waals surface area contributed by atoms with Crippen molar-refractivity contribution in [1.29, 1.82) is 0 Å². The number of anilines is 1. The number of nitrogen functional groups attached to an aromatic ring is 1. The monoisotopic (exact) mass is 450 g/mol. The summed E-state index contributed by atoms with van der Waals surface area (Å²) >= 11 is 6.01. The molecule has 0 spiro atoms. The van der Waals surface area contributed by atoms with E-state index in [2.05, 4.69) is 27.0 Å². The second-order valence-corrected chi connectivity index (χ2v) is 8.01. The number of fused-ring (bicyclic) bond motifs is 1. The summed E-state index contributed by atoms with van der Waals surface area (Å²) in [6, 6.07) is 4.50. The van der Waals surface area contributed by atoms with Crippen LogP contribution in [0.5, 0.6) is 0 Å². The summed E-state index contributed by atoms with van der Waals surface area (Å²) in [5.74, 6) is 4.44. The van der Waals surface area contributed by atoms with E-state index in [0.29, 0.717) is 0 Å². The quantitative estimate of drug-likeness (QED) is 0.364. The molecule has 11 heteroatoms. The molecule has 0 aliphatic rings. The number of rotatable bonds is 2. The van der Waals surface area contributed by atoms with Gasteiger partial charge in [0.05, 0.1) is 29.9 Å². The predicted octanol–water partition coefficient (Wildman–Crippen LogP) is 3.89. The lowest BCUT2D eigenvalue weighted by molar-refractivity contribution is -0.127. The summed E-state index contributed by atoms with van der Waals surface area (Å²) in [5.41, 5.74) is 5.61. The predicted molar refractivity (Wildman–Crippen MR) is 111 cm³/mol. The van der Waals surface area contributed by atoms with Crippen molar-refractivity contribution in [2.75, 3.05) is 5.73 Å². The number of carbonyl (C=O) groups excluding carboxylic acids is 1. The molecule has 2 N–H and O–H groups in total. The highest BCUT2D eigenvalue weighted by atomic mass is 35.5. The van der Waals surface area contributed by atoms with Gasteiger partial charge in [0.1, 0.15) is 22.2 Å². The maximum atomic E-state index is 13.0. The number of pyridine rings is 1. The lowest BCUT2D eigenvalue weighted by atomic mass is 10.1. The van der Waals surface area contributed by atoms with Crippen LogP contribution in [0.15, 0.2) is 29.4 Å². The molecule has 0 saturated carbocycles. The average molecular weight is 451 g/mol. The standard InChI is InChI=1S/C20H18ClF3N6O/c1-19(2,3)30-17(25)13(11-27-30)18(31)26-9-5-6-14-12(10-20(22,23)24)15-7-4-8-16(21)29(15)28-14/h4,7-9,11H,10,25H2,1-3H3. The van der Waals surface area contributed by atoms with Gasteiger partial charge in [-0.05, 0) is 44.7 Å². The number of amides is 1. The Labute approximate surface area is 180 Å². The molecule has 0 saturated heterocycles. The summed E-state index contributed by atoms with van der Waals surface area (Å²) in [5, 5.41) is 8.28. The SMILES string of the molecule is CC(C)(C)n1ncc(C(=O)N=CC#Cc2nn3c(Cl)cccc3c2CC(F)(F)F)c1N. The first kappa shape index (κ1) is 22.4. The largest absolute Gasteiger partial charge is 0.393 e. The van der Waals surface area contributed by atoms with Crippen LogP contribution >= 0.6 is 11.6 Å². The van der Waals surface area contributed by atoms with Crippen LogP contribution in [0.4, 0.5) is 19.0 Å². The van der Waals surface area contributed by atoms with Gasteiger partial charge in [-0.2, -0.15) is 23.4 Å². The summed E-state index contributed by atoms with van der Waals surface area (Å²) in [6.07, 6.45) is -3.39. The van der Waals surface area contributed by atoms with Crippen molar-refractivity contribution >= 4 is 35.1 Å². The molecule has 0 aliphatic heterocycles. The van der Waals surface area contributed by atoms with Crippen molar-refractivity contribution < 1.29 is 18.0 Å². The van der Waals surface area contributed by atoms with E-state index in [-0.39, 0.29) is 33.3 Å². The zero-order valence-electron chi connectivity index (χ0n) is 16.8. The Hall–Kier alpha value is -3.32. The fourth-order valence-corrected chi connectivity index (χ4v) is 3.08. The van der Waals surface area contributed by atoms with Gasteiger partial charge in [0.15, 0.2) is 0 Å². The third-order valence-electron chi connectivity index (χ3n) is 4.20. The van der Waals surface area contributed by atoms with Gasteiger partial charge in [-0.15, -0.1) is 0 Å². The number of hydrogen-bond donors (Lipinski definition) is 1. The number of nitrogens with two attached hydrogens (primary N) is 1. The van der Waals surface area contributed by atoms with Gasteiger partial charge in [-0.1, -0.05) is 17.7 Å². The van der Waals surface area contributed by atoms with Crippen molar-refractivity contribution in [3.63, 3.8) is 0 Å². The minimum Gasteiger partial charge on any atom is -0.383 e. The maximum absolute atomic E-state index is 13.0. The minimum absolute atomic E-state index is 0.102. The van der Waals surface area contributed by atoms with Gasteiger partial charge in [0.25, 0.3) is 5.91 Å². The lowest BCUT2D eigenvalue weighted by Gasteiger charge is -2.20. The molecule has 3 aromatic rings. The first-order chi connectivity index (χ1) is 14.4. The Bertz CT molecular complexity index is 1240. The molecule has 31 heavy (non-hydrogen) atoms. The first-order valence-corrected chi connectivity index (χ1v) is 9.41. The summed E-state index contributed by atoms with van der Waals surface area (Å²) in [6.45, 7) is 5.62. The number of carbonyl (C=O) groups is 1. The smallest absolute Gasteiger partial charge is 0.383 e. The normalized spacial score (nSPS) is 12.4. The molecule has 0 radical (unpaired) electrons. The highest BCUT2D eigenvalue weighted by Crippen LogP contribution is 2.27. The lowest BCUT2D eigenvalue weighted by Crippen LogP contribution is -2.25. The number of halogens is 4. The van der Waals surface area contributed by atoms with E-state index in [1.807, 2.05) is 20.8 Å². The fourth-order valence-electron chi connectivity index (χ4n) is 2.88. The maximum Gasteiger partial charge on any atom is 0.393 e. The summed E-state index contributed by atoms with van der Waals surface area (Å²) < 4.78 is 41.7. The number of nitrogens with zero attached hydrogens (tertiary/aromatic N) is 5. The number of hydrogen-bond acceptors (Lipinski definition) is 4. The van der Waals surface area contributed by atoms with Crippen LogP contribution in [0, 0.1) is 11.8 Å². The van der Waals surface area contributed by atoms with Gasteiger partial charge in [0, 0.05) is 5.56 Å². The van der Waals surface area contributed by atoms with Gasteiger partial charge in [0.2, 0.25) is 0 Å². The molecule has 3 rings (SSSR count). The van der Waals surface area contributed by atoms with Gasteiger partial charge >= 0.3 is 6.18 Å². The Kier molecular flexibility index (Phi) is 5.83. The Morgan fingerprint density at radius 1 is 1.32 bits per heavy atom. The number of alkyl halides is 3. The molecule has 0 aromatic carbocycles. The van der Waals surface area contributed by atoms with E-state index in [0.717, 1.165) is 6.21 Å². The second kappa shape index (κ2) is 8.07. The molecule has 1 amide bonds. The van der Waals surface area contributed by atoms with Crippen molar-refractivity contribution in [3.05, 3.63) is 46.4 Å². The van der Waals surface area contributed by atoms with Crippen molar-refractivity contribution in [2.45, 2.75) is 38.9 Å². The fraction of sp³-hybridized carbons (Fsp3) is 0.300. The Morgan fingerprint density at radius 2 is 2.03 bits per heavy atom. The molecule has 162 valence electrons. The summed E-state index contributed by atoms with van der Waals surface area (Å²) in [4.78, 5) is 16.0. The zero-order valence-corrected chi connectivity index (χ0v) is 17.6. The van der Waals surface area contributed by atoms with E-state index in [1.165, 1.54) is 33.6 Å². The van der Waals surface area contributed by atoms with Crippen LogP contribution in [0.25, 0.3) is 5.52 Å². The second-order valence-electron chi connectivity index (χ2n) is 7.62. The number of aromatic nitrogens is 4. The Balaban J connectivity index is 1.90. The van der Waals surface area contributed by atoms with E-state index in [9.17, 15) is 18.0 Å². The van der Waals surface area contributed by atoms with Crippen LogP contribution < -0.4 is 5.73 Å². The van der Waals surface area contributed by atoms with E-state index in [4.69, 9.17) is 17.3 Å². The van der Waals surface area contributed by atoms with Gasteiger partial charge < -0.3 is 5.73 Å². The third-order valence-corrected chi connectivity index (χ3v) is 4.49. The molecule has 0 unspecified atom stereocenters. The average Bonchev–Trinajstić information content (AvgIpc) is 3.19.